The number of hydrogen-bond donors (Lipinski definition) is 2. The van der Waals surface area contributed by atoms with Gasteiger partial charge in [-0.1, -0.05) is 12.1 Å². The molecule has 0 atom stereocenters. The Morgan fingerprint density at radius 1 is 1.29 bits per heavy atom. The van der Waals surface area contributed by atoms with Gasteiger partial charge in [0.05, 0.1) is 5.41 Å². The Bertz CT molecular complexity index is 526. The Kier molecular flexibility index (Phi) is 3.98. The van der Waals surface area contributed by atoms with Gasteiger partial charge < -0.3 is 25.3 Å². The van der Waals surface area contributed by atoms with Crippen molar-refractivity contribution in [2.75, 3.05) is 26.6 Å². The minimum absolute atomic E-state index is 0.00943. The maximum atomic E-state index is 12.5. The third-order valence-electron chi connectivity index (χ3n) is 4.24. The van der Waals surface area contributed by atoms with Gasteiger partial charge >= 0.3 is 0 Å². The Labute approximate surface area is 123 Å². The molecule has 0 saturated carbocycles. The van der Waals surface area contributed by atoms with E-state index < -0.39 is 5.41 Å². The van der Waals surface area contributed by atoms with Crippen molar-refractivity contribution in [1.82, 2.24) is 5.32 Å². The first-order chi connectivity index (χ1) is 10.2. The van der Waals surface area contributed by atoms with Crippen LogP contribution >= 0.6 is 0 Å². The number of nitrogens with one attached hydrogen (secondary N) is 1. The molecular formula is C15H20N2O4. The van der Waals surface area contributed by atoms with E-state index in [0.717, 1.165) is 11.3 Å². The second kappa shape index (κ2) is 5.91. The quantitative estimate of drug-likeness (QED) is 0.857. The standard InChI is InChI=1S/C15H20N2O4/c16-9-15(4-6-19-7-5-15)14(18)17-8-11-2-1-3-12-13(11)21-10-20-12/h1-3H,4-10,16H2,(H,17,18). The minimum atomic E-state index is -0.506. The number of para-hydroxylation sites is 1. The minimum Gasteiger partial charge on any atom is -0.454 e. The van der Waals surface area contributed by atoms with Crippen LogP contribution in [0.3, 0.4) is 0 Å². The predicted molar refractivity (Wildman–Crippen MR) is 76.0 cm³/mol. The summed E-state index contributed by atoms with van der Waals surface area (Å²) >= 11 is 0. The second-order valence-corrected chi connectivity index (χ2v) is 5.43. The van der Waals surface area contributed by atoms with Crippen molar-refractivity contribution in [3.8, 4) is 11.5 Å². The molecular weight excluding hydrogens is 272 g/mol. The molecule has 21 heavy (non-hydrogen) atoms. The highest BCUT2D eigenvalue weighted by Gasteiger charge is 2.38. The smallest absolute Gasteiger partial charge is 0.231 e. The van der Waals surface area contributed by atoms with Crippen LogP contribution in [0.1, 0.15) is 18.4 Å². The molecule has 114 valence electrons. The molecule has 2 heterocycles. The van der Waals surface area contributed by atoms with Gasteiger partial charge in [-0.2, -0.15) is 0 Å². The highest BCUT2D eigenvalue weighted by molar-refractivity contribution is 5.83. The summed E-state index contributed by atoms with van der Waals surface area (Å²) in [7, 11) is 0. The zero-order valence-corrected chi connectivity index (χ0v) is 11.9. The fourth-order valence-corrected chi connectivity index (χ4v) is 2.78. The van der Waals surface area contributed by atoms with E-state index in [-0.39, 0.29) is 12.7 Å². The van der Waals surface area contributed by atoms with E-state index >= 15 is 0 Å². The van der Waals surface area contributed by atoms with E-state index in [1.54, 1.807) is 0 Å². The second-order valence-electron chi connectivity index (χ2n) is 5.43. The van der Waals surface area contributed by atoms with Crippen LogP contribution in [0, 0.1) is 5.41 Å². The van der Waals surface area contributed by atoms with E-state index in [0.29, 0.717) is 44.9 Å². The van der Waals surface area contributed by atoms with Crippen LogP contribution in [0.15, 0.2) is 18.2 Å². The van der Waals surface area contributed by atoms with Crippen LogP contribution in [-0.2, 0) is 16.1 Å². The van der Waals surface area contributed by atoms with Crippen molar-refractivity contribution in [2.45, 2.75) is 19.4 Å². The van der Waals surface area contributed by atoms with Crippen molar-refractivity contribution in [2.24, 2.45) is 11.1 Å². The largest absolute Gasteiger partial charge is 0.454 e. The molecule has 2 aliphatic rings. The molecule has 2 aliphatic heterocycles. The Hall–Kier alpha value is -1.79. The van der Waals surface area contributed by atoms with Crippen LogP contribution < -0.4 is 20.5 Å². The Balaban J connectivity index is 1.67. The van der Waals surface area contributed by atoms with E-state index in [4.69, 9.17) is 19.9 Å². The number of amides is 1. The maximum absolute atomic E-state index is 12.5. The van der Waals surface area contributed by atoms with Gasteiger partial charge in [-0.15, -0.1) is 0 Å². The van der Waals surface area contributed by atoms with E-state index in [1.165, 1.54) is 0 Å². The predicted octanol–water partition coefficient (Wildman–Crippen LogP) is 0.787. The van der Waals surface area contributed by atoms with E-state index in [1.807, 2.05) is 18.2 Å². The molecule has 1 fully saturated rings. The molecule has 3 rings (SSSR count). The summed E-state index contributed by atoms with van der Waals surface area (Å²) in [5.41, 5.74) is 6.25. The van der Waals surface area contributed by atoms with Gasteiger partial charge in [0, 0.05) is 31.9 Å². The number of carbonyl (C=O) groups is 1. The van der Waals surface area contributed by atoms with Crippen molar-refractivity contribution in [3.05, 3.63) is 23.8 Å². The number of fused-ring (bicyclic) bond motifs is 1. The normalized spacial score (nSPS) is 19.3. The topological polar surface area (TPSA) is 82.8 Å². The van der Waals surface area contributed by atoms with Gasteiger partial charge in [-0.25, -0.2) is 0 Å². The zero-order valence-electron chi connectivity index (χ0n) is 11.9. The highest BCUT2D eigenvalue weighted by Crippen LogP contribution is 2.35. The average molecular weight is 292 g/mol. The average Bonchev–Trinajstić information content (AvgIpc) is 3.02. The lowest BCUT2D eigenvalue weighted by atomic mass is 9.79. The molecule has 0 aromatic heterocycles. The lowest BCUT2D eigenvalue weighted by Gasteiger charge is -2.34. The first-order valence-corrected chi connectivity index (χ1v) is 7.19. The third kappa shape index (κ3) is 2.69. The highest BCUT2D eigenvalue weighted by atomic mass is 16.7. The van der Waals surface area contributed by atoms with Gasteiger partial charge in [0.25, 0.3) is 0 Å². The van der Waals surface area contributed by atoms with Gasteiger partial charge in [-0.3, -0.25) is 4.79 Å². The first-order valence-electron chi connectivity index (χ1n) is 7.19. The monoisotopic (exact) mass is 292 g/mol. The Morgan fingerprint density at radius 2 is 2.10 bits per heavy atom. The Morgan fingerprint density at radius 3 is 2.86 bits per heavy atom. The lowest BCUT2D eigenvalue weighted by molar-refractivity contribution is -0.136. The van der Waals surface area contributed by atoms with Crippen LogP contribution in [0.25, 0.3) is 0 Å². The first kappa shape index (κ1) is 14.2. The van der Waals surface area contributed by atoms with E-state index in [9.17, 15) is 4.79 Å². The van der Waals surface area contributed by atoms with Crippen molar-refractivity contribution < 1.29 is 19.0 Å². The molecule has 3 N–H and O–H groups in total. The van der Waals surface area contributed by atoms with Crippen LogP contribution in [-0.4, -0.2) is 32.5 Å². The van der Waals surface area contributed by atoms with E-state index in [2.05, 4.69) is 5.32 Å². The number of rotatable bonds is 4. The third-order valence-corrected chi connectivity index (χ3v) is 4.24. The van der Waals surface area contributed by atoms with Gasteiger partial charge in [0.15, 0.2) is 11.5 Å². The summed E-state index contributed by atoms with van der Waals surface area (Å²) in [6, 6.07) is 5.67. The van der Waals surface area contributed by atoms with Crippen LogP contribution in [0.4, 0.5) is 0 Å². The summed E-state index contributed by atoms with van der Waals surface area (Å²) in [6.07, 6.45) is 1.34. The summed E-state index contributed by atoms with van der Waals surface area (Å²) in [6.45, 7) is 2.15. The summed E-state index contributed by atoms with van der Waals surface area (Å²) < 4.78 is 16.1. The molecule has 0 radical (unpaired) electrons. The summed E-state index contributed by atoms with van der Waals surface area (Å²) in [5, 5.41) is 2.98. The number of carbonyl (C=O) groups excluding carboxylic acids is 1. The maximum Gasteiger partial charge on any atom is 0.231 e. The molecule has 1 saturated heterocycles. The van der Waals surface area contributed by atoms with Crippen LogP contribution in [0.2, 0.25) is 0 Å². The number of nitrogens with two attached hydrogens (primary N) is 1. The summed E-state index contributed by atoms with van der Waals surface area (Å²) in [5.74, 6) is 1.43. The fraction of sp³-hybridized carbons (Fsp3) is 0.533. The molecule has 6 nitrogen and oxygen atoms in total. The summed E-state index contributed by atoms with van der Waals surface area (Å²) in [4.78, 5) is 12.5. The molecule has 1 amide bonds. The number of ether oxygens (including phenoxy) is 3. The molecule has 1 aromatic carbocycles. The van der Waals surface area contributed by atoms with Crippen LogP contribution in [0.5, 0.6) is 11.5 Å². The van der Waals surface area contributed by atoms with Crippen molar-refractivity contribution >= 4 is 5.91 Å². The molecule has 0 aliphatic carbocycles. The fourth-order valence-electron chi connectivity index (χ4n) is 2.78. The number of hydrogen-bond acceptors (Lipinski definition) is 5. The molecule has 1 aromatic rings. The van der Waals surface area contributed by atoms with Crippen molar-refractivity contribution in [1.29, 1.82) is 0 Å². The number of benzene rings is 1. The van der Waals surface area contributed by atoms with Gasteiger partial charge in [-0.05, 0) is 18.9 Å². The van der Waals surface area contributed by atoms with Gasteiger partial charge in [0.1, 0.15) is 0 Å². The van der Waals surface area contributed by atoms with Crippen molar-refractivity contribution in [3.63, 3.8) is 0 Å². The molecule has 0 unspecified atom stereocenters. The molecule has 0 spiro atoms. The SMILES string of the molecule is NCC1(C(=O)NCc2cccc3c2OCO3)CCOCC1. The van der Waals surface area contributed by atoms with Gasteiger partial charge in [0.2, 0.25) is 12.7 Å². The molecule has 6 heteroatoms. The zero-order chi connectivity index (χ0) is 14.7. The lowest BCUT2D eigenvalue weighted by Crippen LogP contribution is -2.48. The molecule has 0 bridgehead atoms.